The van der Waals surface area contributed by atoms with Crippen LogP contribution in [0.5, 0.6) is 0 Å². The molecule has 0 amide bonds. The van der Waals surface area contributed by atoms with E-state index >= 15 is 0 Å². The zero-order chi connectivity index (χ0) is 9.68. The van der Waals surface area contributed by atoms with Crippen LogP contribution in [0.15, 0.2) is 6.20 Å². The summed E-state index contributed by atoms with van der Waals surface area (Å²) >= 11 is 0. The van der Waals surface area contributed by atoms with Gasteiger partial charge in [0.2, 0.25) is 0 Å². The van der Waals surface area contributed by atoms with Gasteiger partial charge in [-0.3, -0.25) is 4.68 Å². The first-order chi connectivity index (χ1) is 6.27. The van der Waals surface area contributed by atoms with Crippen molar-refractivity contribution in [2.24, 2.45) is 0 Å². The second-order valence-electron chi connectivity index (χ2n) is 3.07. The van der Waals surface area contributed by atoms with Gasteiger partial charge in [0.25, 0.3) is 0 Å². The predicted molar refractivity (Wildman–Crippen MR) is 55.7 cm³/mol. The topological polar surface area (TPSA) is 55.9 Å². The second kappa shape index (κ2) is 4.74. The Balaban J connectivity index is 2.50. The highest BCUT2D eigenvalue weighted by molar-refractivity contribution is 5.59. The van der Waals surface area contributed by atoms with Crippen LogP contribution in [-0.4, -0.2) is 16.3 Å². The van der Waals surface area contributed by atoms with Crippen LogP contribution in [0.1, 0.15) is 26.7 Å². The Labute approximate surface area is 79.1 Å². The maximum absolute atomic E-state index is 5.75. The number of anilines is 2. The number of unbranched alkanes of at least 4 members (excludes halogenated alkanes) is 1. The molecule has 4 nitrogen and oxygen atoms in total. The largest absolute Gasteiger partial charge is 0.394 e. The van der Waals surface area contributed by atoms with Gasteiger partial charge in [-0.2, -0.15) is 5.10 Å². The van der Waals surface area contributed by atoms with Gasteiger partial charge in [-0.1, -0.05) is 13.3 Å². The monoisotopic (exact) mass is 182 g/mol. The number of nitrogens with two attached hydrogens (primary N) is 1. The molecule has 4 heteroatoms. The maximum Gasteiger partial charge on any atom is 0.171 e. The summed E-state index contributed by atoms with van der Waals surface area (Å²) in [6, 6.07) is 0. The van der Waals surface area contributed by atoms with E-state index in [0.29, 0.717) is 0 Å². The van der Waals surface area contributed by atoms with Crippen molar-refractivity contribution < 1.29 is 0 Å². The fourth-order valence-corrected chi connectivity index (χ4v) is 1.12. The Hall–Kier alpha value is -1.19. The molecule has 0 aliphatic carbocycles. The van der Waals surface area contributed by atoms with E-state index in [-0.39, 0.29) is 0 Å². The van der Waals surface area contributed by atoms with E-state index in [9.17, 15) is 0 Å². The Morgan fingerprint density at radius 1 is 1.54 bits per heavy atom. The molecule has 0 aliphatic heterocycles. The third-order valence-corrected chi connectivity index (χ3v) is 1.94. The normalized spacial score (nSPS) is 10.3. The minimum Gasteiger partial charge on any atom is -0.394 e. The van der Waals surface area contributed by atoms with Crippen molar-refractivity contribution in [3.63, 3.8) is 0 Å². The van der Waals surface area contributed by atoms with Crippen molar-refractivity contribution in [1.29, 1.82) is 0 Å². The summed E-state index contributed by atoms with van der Waals surface area (Å²) in [4.78, 5) is 0. The summed E-state index contributed by atoms with van der Waals surface area (Å²) in [6.07, 6.45) is 4.19. The Bertz CT molecular complexity index is 254. The van der Waals surface area contributed by atoms with Crippen LogP contribution in [0.25, 0.3) is 0 Å². The Morgan fingerprint density at radius 3 is 2.85 bits per heavy atom. The first kappa shape index (κ1) is 9.89. The van der Waals surface area contributed by atoms with Gasteiger partial charge >= 0.3 is 0 Å². The van der Waals surface area contributed by atoms with E-state index in [2.05, 4.69) is 17.3 Å². The number of hydrogen-bond donors (Lipinski definition) is 2. The molecule has 0 radical (unpaired) electrons. The molecule has 3 N–H and O–H groups in total. The lowest BCUT2D eigenvalue weighted by Crippen LogP contribution is -2.04. The molecule has 0 aromatic carbocycles. The number of nitrogens with one attached hydrogen (secondary N) is 1. The van der Waals surface area contributed by atoms with Gasteiger partial charge in [0, 0.05) is 13.1 Å². The van der Waals surface area contributed by atoms with Gasteiger partial charge in [0.1, 0.15) is 0 Å². The molecule has 0 unspecified atom stereocenters. The molecule has 0 atom stereocenters. The minimum absolute atomic E-state index is 0.734. The highest BCUT2D eigenvalue weighted by atomic mass is 15.3. The molecule has 1 aromatic rings. The van der Waals surface area contributed by atoms with Gasteiger partial charge in [0.05, 0.1) is 11.9 Å². The average Bonchev–Trinajstić information content (AvgIpc) is 2.48. The van der Waals surface area contributed by atoms with E-state index < -0.39 is 0 Å². The molecule has 0 saturated carbocycles. The van der Waals surface area contributed by atoms with E-state index in [1.54, 1.807) is 0 Å². The number of nitrogen functional groups attached to an aromatic ring is 1. The lowest BCUT2D eigenvalue weighted by molar-refractivity contribution is 0.660. The number of rotatable bonds is 5. The van der Waals surface area contributed by atoms with Gasteiger partial charge in [-0.15, -0.1) is 0 Å². The van der Waals surface area contributed by atoms with Crippen molar-refractivity contribution in [3.8, 4) is 0 Å². The molecule has 1 aromatic heterocycles. The molecule has 13 heavy (non-hydrogen) atoms. The van der Waals surface area contributed by atoms with Crippen molar-refractivity contribution in [2.75, 3.05) is 17.6 Å². The summed E-state index contributed by atoms with van der Waals surface area (Å²) < 4.78 is 1.84. The van der Waals surface area contributed by atoms with Gasteiger partial charge in [-0.25, -0.2) is 0 Å². The van der Waals surface area contributed by atoms with Crippen molar-refractivity contribution >= 4 is 11.5 Å². The van der Waals surface area contributed by atoms with Crippen LogP contribution >= 0.6 is 0 Å². The molecule has 74 valence electrons. The second-order valence-corrected chi connectivity index (χ2v) is 3.07. The lowest BCUT2D eigenvalue weighted by Gasteiger charge is -2.01. The van der Waals surface area contributed by atoms with Gasteiger partial charge < -0.3 is 11.1 Å². The standard InChI is InChI=1S/C9H18N4/c1-3-5-6-11-9-8(10)7-13(4-2)12-9/h7H,3-6,10H2,1-2H3,(H,11,12). The molecule has 0 fully saturated rings. The molecular formula is C9H18N4. The molecule has 0 saturated heterocycles. The fourth-order valence-electron chi connectivity index (χ4n) is 1.12. The third-order valence-electron chi connectivity index (χ3n) is 1.94. The number of hydrogen-bond acceptors (Lipinski definition) is 3. The lowest BCUT2D eigenvalue weighted by atomic mass is 10.3. The zero-order valence-electron chi connectivity index (χ0n) is 8.38. The quantitative estimate of drug-likeness (QED) is 0.681. The highest BCUT2D eigenvalue weighted by Gasteiger charge is 2.02. The fraction of sp³-hybridized carbons (Fsp3) is 0.667. The average molecular weight is 182 g/mol. The Kier molecular flexibility index (Phi) is 3.61. The van der Waals surface area contributed by atoms with Crippen molar-refractivity contribution in [1.82, 2.24) is 9.78 Å². The molecule has 0 spiro atoms. The number of aromatic nitrogens is 2. The molecule has 1 heterocycles. The van der Waals surface area contributed by atoms with Crippen molar-refractivity contribution in [2.45, 2.75) is 33.2 Å². The van der Waals surface area contributed by atoms with E-state index in [1.165, 1.54) is 6.42 Å². The van der Waals surface area contributed by atoms with Crippen LogP contribution in [0, 0.1) is 0 Å². The van der Waals surface area contributed by atoms with Crippen molar-refractivity contribution in [3.05, 3.63) is 6.20 Å². The smallest absolute Gasteiger partial charge is 0.171 e. The summed E-state index contributed by atoms with van der Waals surface area (Å²) in [5.41, 5.74) is 6.49. The first-order valence-electron chi connectivity index (χ1n) is 4.84. The van der Waals surface area contributed by atoms with Crippen LogP contribution in [0.3, 0.4) is 0 Å². The molecular weight excluding hydrogens is 164 g/mol. The SMILES string of the molecule is CCCCNc1nn(CC)cc1N. The third kappa shape index (κ3) is 2.65. The predicted octanol–water partition coefficient (Wildman–Crippen LogP) is 1.70. The maximum atomic E-state index is 5.75. The summed E-state index contributed by atoms with van der Waals surface area (Å²) in [5.74, 6) is 0.815. The van der Waals surface area contributed by atoms with Crippen LogP contribution < -0.4 is 11.1 Å². The van der Waals surface area contributed by atoms with Crippen LogP contribution in [-0.2, 0) is 6.54 Å². The zero-order valence-corrected chi connectivity index (χ0v) is 8.38. The Morgan fingerprint density at radius 2 is 2.31 bits per heavy atom. The van der Waals surface area contributed by atoms with Crippen LogP contribution in [0.4, 0.5) is 11.5 Å². The molecule has 1 rings (SSSR count). The van der Waals surface area contributed by atoms with E-state index in [1.807, 2.05) is 17.8 Å². The molecule has 0 bridgehead atoms. The molecule has 0 aliphatic rings. The van der Waals surface area contributed by atoms with Crippen LogP contribution in [0.2, 0.25) is 0 Å². The highest BCUT2D eigenvalue weighted by Crippen LogP contribution is 2.14. The summed E-state index contributed by atoms with van der Waals surface area (Å²) in [6.45, 7) is 6.01. The van der Waals surface area contributed by atoms with Gasteiger partial charge in [0.15, 0.2) is 5.82 Å². The number of aryl methyl sites for hydroxylation is 1. The number of nitrogens with zero attached hydrogens (tertiary/aromatic N) is 2. The van der Waals surface area contributed by atoms with Gasteiger partial charge in [-0.05, 0) is 13.3 Å². The summed E-state index contributed by atoms with van der Waals surface area (Å²) in [5, 5.41) is 7.49. The van der Waals surface area contributed by atoms with E-state index in [0.717, 1.165) is 31.0 Å². The minimum atomic E-state index is 0.734. The van der Waals surface area contributed by atoms with E-state index in [4.69, 9.17) is 5.73 Å². The first-order valence-corrected chi connectivity index (χ1v) is 4.84. The summed E-state index contributed by atoms with van der Waals surface area (Å²) in [7, 11) is 0.